The van der Waals surface area contributed by atoms with E-state index in [9.17, 15) is 0 Å². The second kappa shape index (κ2) is 14.9. The van der Waals surface area contributed by atoms with Crippen molar-refractivity contribution in [3.05, 3.63) is 203 Å². The fourth-order valence-corrected chi connectivity index (χ4v) is 12.3. The van der Waals surface area contributed by atoms with E-state index >= 15 is 0 Å². The molecule has 0 aromatic heterocycles. The van der Waals surface area contributed by atoms with Gasteiger partial charge in [0.05, 0.1) is 0 Å². The predicted molar refractivity (Wildman–Crippen MR) is 284 cm³/mol. The summed E-state index contributed by atoms with van der Waals surface area (Å²) >= 11 is 0. The van der Waals surface area contributed by atoms with E-state index in [0.29, 0.717) is 11.8 Å². The van der Waals surface area contributed by atoms with Crippen molar-refractivity contribution in [2.75, 3.05) is 0 Å². The first kappa shape index (κ1) is 40.7. The molecule has 0 amide bonds. The Bertz CT molecular complexity index is 3310. The molecule has 2 aliphatic rings. The van der Waals surface area contributed by atoms with Crippen LogP contribution in [-0.4, -0.2) is 0 Å². The third-order valence-electron chi connectivity index (χ3n) is 15.5. The lowest BCUT2D eigenvalue weighted by atomic mass is 9.80. The van der Waals surface area contributed by atoms with Gasteiger partial charge in [0.2, 0.25) is 0 Å². The number of hydrogen-bond acceptors (Lipinski definition) is 0. The van der Waals surface area contributed by atoms with Gasteiger partial charge in [-0.1, -0.05) is 201 Å². The normalized spacial score (nSPS) is 14.4. The molecule has 0 heteroatoms. The van der Waals surface area contributed by atoms with Crippen LogP contribution in [0.25, 0.3) is 99.1 Å². The van der Waals surface area contributed by atoms with E-state index < -0.39 is 0 Å². The molecule has 0 radical (unpaired) electrons. The maximum atomic E-state index is 2.50. The smallest absolute Gasteiger partial charge is 0.0158 e. The van der Waals surface area contributed by atoms with E-state index in [1.807, 2.05) is 0 Å². The Morgan fingerprint density at radius 1 is 0.303 bits per heavy atom. The van der Waals surface area contributed by atoms with Gasteiger partial charge in [-0.3, -0.25) is 0 Å². The SMILES string of the molecule is CC(C)Cc1ccc(-c2cc(-c3ccc4c(c3)-c3ccccc3C4(C)C)c3ccc4c(-c5ccc(CC(C)C)cc5)cc(-c5ccc6c(c5)-c5ccccc5C6(C)C)c5ccc2c3c45)cc1. The monoisotopic (exact) mass is 850 g/mol. The van der Waals surface area contributed by atoms with Gasteiger partial charge in [-0.05, 0) is 181 Å². The van der Waals surface area contributed by atoms with E-state index in [2.05, 4.69) is 225 Å². The minimum Gasteiger partial charge on any atom is -0.0625 e. The minimum absolute atomic E-state index is 0.0504. The Morgan fingerprint density at radius 2 is 0.621 bits per heavy atom. The lowest BCUT2D eigenvalue weighted by molar-refractivity contribution is 0.647. The van der Waals surface area contributed by atoms with Crippen LogP contribution in [0.5, 0.6) is 0 Å². The molecule has 0 heterocycles. The fourth-order valence-electron chi connectivity index (χ4n) is 12.3. The van der Waals surface area contributed by atoms with Crippen molar-refractivity contribution >= 4 is 32.3 Å². The zero-order chi connectivity index (χ0) is 45.2. The highest BCUT2D eigenvalue weighted by atomic mass is 14.4. The molecule has 0 saturated heterocycles. The number of benzene rings is 10. The van der Waals surface area contributed by atoms with Crippen molar-refractivity contribution in [3.63, 3.8) is 0 Å². The third kappa shape index (κ3) is 6.17. The second-order valence-electron chi connectivity index (χ2n) is 21.5. The summed E-state index contributed by atoms with van der Waals surface area (Å²) in [5, 5.41) is 7.89. The van der Waals surface area contributed by atoms with Crippen LogP contribution in [0.3, 0.4) is 0 Å². The Balaban J connectivity index is 1.16. The highest BCUT2D eigenvalue weighted by Crippen LogP contribution is 2.54. The van der Waals surface area contributed by atoms with Crippen LogP contribution in [0.15, 0.2) is 170 Å². The summed E-state index contributed by atoms with van der Waals surface area (Å²) in [5.41, 5.74) is 23.9. The van der Waals surface area contributed by atoms with Gasteiger partial charge in [-0.15, -0.1) is 0 Å². The molecular weight excluding hydrogens is 793 g/mol. The third-order valence-corrected chi connectivity index (χ3v) is 15.5. The van der Waals surface area contributed by atoms with Crippen LogP contribution in [0.2, 0.25) is 0 Å². The molecule has 0 spiro atoms. The lowest BCUT2D eigenvalue weighted by Crippen LogP contribution is -2.14. The van der Waals surface area contributed by atoms with E-state index in [1.165, 1.54) is 132 Å². The van der Waals surface area contributed by atoms with Gasteiger partial charge in [-0.2, -0.15) is 0 Å². The molecule has 0 aliphatic heterocycles. The largest absolute Gasteiger partial charge is 0.0625 e. The van der Waals surface area contributed by atoms with Gasteiger partial charge in [0.25, 0.3) is 0 Å². The number of hydrogen-bond donors (Lipinski definition) is 0. The van der Waals surface area contributed by atoms with Crippen molar-refractivity contribution in [2.45, 2.75) is 79.1 Å². The van der Waals surface area contributed by atoms with Crippen LogP contribution in [0, 0.1) is 11.8 Å². The summed E-state index contributed by atoms with van der Waals surface area (Å²) in [7, 11) is 0. The molecule has 2 aliphatic carbocycles. The van der Waals surface area contributed by atoms with Gasteiger partial charge >= 0.3 is 0 Å². The Kier molecular flexibility index (Phi) is 9.18. The Morgan fingerprint density at radius 3 is 0.985 bits per heavy atom. The molecule has 322 valence electrons. The number of rotatable bonds is 8. The molecule has 0 fully saturated rings. The summed E-state index contributed by atoms with van der Waals surface area (Å²) in [6.07, 6.45) is 2.15. The van der Waals surface area contributed by atoms with Crippen LogP contribution in [-0.2, 0) is 23.7 Å². The van der Waals surface area contributed by atoms with Crippen LogP contribution in [0.4, 0.5) is 0 Å². The molecule has 66 heavy (non-hydrogen) atoms. The molecule has 0 N–H and O–H groups in total. The average Bonchev–Trinajstić information content (AvgIpc) is 3.69. The molecular formula is C66H58. The molecule has 0 atom stereocenters. The van der Waals surface area contributed by atoms with Crippen molar-refractivity contribution in [1.29, 1.82) is 0 Å². The molecule has 0 unspecified atom stereocenters. The van der Waals surface area contributed by atoms with Gasteiger partial charge in [-0.25, -0.2) is 0 Å². The summed E-state index contributed by atoms with van der Waals surface area (Å²) in [6.45, 7) is 18.7. The summed E-state index contributed by atoms with van der Waals surface area (Å²) < 4.78 is 0. The molecule has 0 bridgehead atoms. The minimum atomic E-state index is -0.0504. The van der Waals surface area contributed by atoms with Gasteiger partial charge in [0.15, 0.2) is 0 Å². The van der Waals surface area contributed by atoms with Crippen molar-refractivity contribution in [1.82, 2.24) is 0 Å². The maximum Gasteiger partial charge on any atom is 0.0158 e. The quantitative estimate of drug-likeness (QED) is 0.134. The zero-order valence-electron chi connectivity index (χ0n) is 39.7. The van der Waals surface area contributed by atoms with E-state index in [1.54, 1.807) is 0 Å². The first-order valence-electron chi connectivity index (χ1n) is 24.3. The second-order valence-corrected chi connectivity index (χ2v) is 21.5. The summed E-state index contributed by atoms with van der Waals surface area (Å²) in [6, 6.07) is 66.3. The van der Waals surface area contributed by atoms with Gasteiger partial charge < -0.3 is 0 Å². The molecule has 0 nitrogen and oxygen atoms in total. The van der Waals surface area contributed by atoms with Crippen LogP contribution >= 0.6 is 0 Å². The highest BCUT2D eigenvalue weighted by molar-refractivity contribution is 6.32. The van der Waals surface area contributed by atoms with E-state index in [0.717, 1.165) is 12.8 Å². The summed E-state index contributed by atoms with van der Waals surface area (Å²) in [4.78, 5) is 0. The molecule has 10 aromatic carbocycles. The maximum absolute atomic E-state index is 2.50. The predicted octanol–water partition coefficient (Wildman–Crippen LogP) is 18.3. The van der Waals surface area contributed by atoms with Crippen molar-refractivity contribution < 1.29 is 0 Å². The molecule has 12 rings (SSSR count). The molecule has 0 saturated carbocycles. The van der Waals surface area contributed by atoms with Crippen LogP contribution < -0.4 is 0 Å². The van der Waals surface area contributed by atoms with E-state index in [4.69, 9.17) is 0 Å². The van der Waals surface area contributed by atoms with Gasteiger partial charge in [0.1, 0.15) is 0 Å². The zero-order valence-corrected chi connectivity index (χ0v) is 39.7. The highest BCUT2D eigenvalue weighted by Gasteiger charge is 2.37. The molecule has 10 aromatic rings. The van der Waals surface area contributed by atoms with Gasteiger partial charge in [0, 0.05) is 10.8 Å². The Hall–Kier alpha value is -6.76. The summed E-state index contributed by atoms with van der Waals surface area (Å²) in [5.74, 6) is 1.21. The van der Waals surface area contributed by atoms with Crippen molar-refractivity contribution in [3.8, 4) is 66.8 Å². The Labute approximate surface area is 391 Å². The van der Waals surface area contributed by atoms with Crippen LogP contribution in [0.1, 0.15) is 88.8 Å². The fraction of sp³-hybridized carbons (Fsp3) is 0.212. The average molecular weight is 851 g/mol. The lowest BCUT2D eigenvalue weighted by Gasteiger charge is -2.23. The number of fused-ring (bicyclic) bond motifs is 6. The first-order chi connectivity index (χ1) is 31.9. The van der Waals surface area contributed by atoms with E-state index in [-0.39, 0.29) is 10.8 Å². The topological polar surface area (TPSA) is 0 Å². The standard InChI is InChI=1S/C66H58/c1-39(2)33-41-17-21-43(22-18-41)53-37-55(45-25-31-61-57(35-45)47-13-9-11-15-59(47)65(61,5)6)51-30-28-50-54(44-23-19-42(20-24-44)34-40(3)4)38-56(52-29-27-49(53)63(51)64(50)52)46-26-32-62-58(36-46)48-14-10-12-16-60(48)66(62,7)8/h9-32,35-40H,33-34H2,1-8H3. The van der Waals surface area contributed by atoms with Crippen molar-refractivity contribution in [2.24, 2.45) is 11.8 Å². The first-order valence-corrected chi connectivity index (χ1v) is 24.3.